The van der Waals surface area contributed by atoms with E-state index in [4.69, 9.17) is 9.15 Å². The highest BCUT2D eigenvalue weighted by molar-refractivity contribution is 6.05. The molecule has 0 aliphatic rings. The molecule has 0 atom stereocenters. The molecule has 25 heavy (non-hydrogen) atoms. The highest BCUT2D eigenvalue weighted by Gasteiger charge is 2.19. The minimum atomic E-state index is -0.564. The minimum absolute atomic E-state index is 0.0608. The maximum Gasteiger partial charge on any atom is 0.208 e. The molecule has 3 aromatic rings. The number of hydrogen-bond acceptors (Lipinski definition) is 2. The van der Waals surface area contributed by atoms with Gasteiger partial charge in [0.05, 0.1) is 6.61 Å². The predicted octanol–water partition coefficient (Wildman–Crippen LogP) is 6.78. The maximum atomic E-state index is 14.8. The van der Waals surface area contributed by atoms with Gasteiger partial charge in [-0.1, -0.05) is 39.2 Å². The molecule has 0 spiro atoms. The van der Waals surface area contributed by atoms with E-state index in [0.29, 0.717) is 29.4 Å². The topological polar surface area (TPSA) is 22.4 Å². The van der Waals surface area contributed by atoms with Crippen LogP contribution in [0.4, 0.5) is 8.78 Å². The number of unbranched alkanes of at least 4 members (excludes halogenated alkanes) is 3. The van der Waals surface area contributed by atoms with Gasteiger partial charge in [0.15, 0.2) is 22.7 Å². The minimum Gasteiger partial charge on any atom is -0.490 e. The molecule has 0 aliphatic carbocycles. The Kier molecular flexibility index (Phi) is 5.57. The van der Waals surface area contributed by atoms with Crippen molar-refractivity contribution in [1.29, 1.82) is 0 Å². The van der Waals surface area contributed by atoms with E-state index in [1.807, 2.05) is 13.0 Å². The summed E-state index contributed by atoms with van der Waals surface area (Å²) < 4.78 is 40.4. The summed E-state index contributed by atoms with van der Waals surface area (Å²) >= 11 is 0. The van der Waals surface area contributed by atoms with Gasteiger partial charge in [0.2, 0.25) is 5.82 Å². The van der Waals surface area contributed by atoms with Crippen LogP contribution in [-0.2, 0) is 6.42 Å². The van der Waals surface area contributed by atoms with Crippen LogP contribution in [0, 0.1) is 11.6 Å². The number of ether oxygens (including phenoxy) is 1. The summed E-state index contributed by atoms with van der Waals surface area (Å²) in [7, 11) is 0. The largest absolute Gasteiger partial charge is 0.490 e. The monoisotopic (exact) mass is 346 g/mol. The van der Waals surface area contributed by atoms with Gasteiger partial charge >= 0.3 is 0 Å². The van der Waals surface area contributed by atoms with Crippen LogP contribution in [-0.4, -0.2) is 6.61 Å². The van der Waals surface area contributed by atoms with E-state index in [1.54, 1.807) is 18.2 Å². The third kappa shape index (κ3) is 3.48. The molecule has 0 fully saturated rings. The predicted molar refractivity (Wildman–Crippen MR) is 97.3 cm³/mol. The first-order chi connectivity index (χ1) is 12.2. The molecule has 0 N–H and O–H groups in total. The molecule has 0 aliphatic heterocycles. The highest BCUT2D eigenvalue weighted by atomic mass is 19.1. The smallest absolute Gasteiger partial charge is 0.208 e. The van der Waals surface area contributed by atoms with Crippen molar-refractivity contribution in [2.45, 2.75) is 52.4 Å². The Morgan fingerprint density at radius 1 is 0.840 bits per heavy atom. The molecule has 2 aromatic carbocycles. The molecule has 134 valence electrons. The Labute approximate surface area is 146 Å². The van der Waals surface area contributed by atoms with E-state index >= 15 is 0 Å². The lowest BCUT2D eigenvalue weighted by atomic mass is 10.0. The molecular weight excluding hydrogens is 322 g/mol. The number of aryl methyl sites for hydroxylation is 1. The van der Waals surface area contributed by atoms with Crippen molar-refractivity contribution in [3.8, 4) is 5.75 Å². The van der Waals surface area contributed by atoms with Crippen LogP contribution in [0.1, 0.15) is 51.5 Å². The van der Waals surface area contributed by atoms with Crippen molar-refractivity contribution in [3.05, 3.63) is 41.5 Å². The summed E-state index contributed by atoms with van der Waals surface area (Å²) in [6.45, 7) is 4.53. The highest BCUT2D eigenvalue weighted by Crippen LogP contribution is 2.36. The van der Waals surface area contributed by atoms with Crippen molar-refractivity contribution in [2.24, 2.45) is 0 Å². The van der Waals surface area contributed by atoms with E-state index in [-0.39, 0.29) is 22.7 Å². The zero-order valence-electron chi connectivity index (χ0n) is 14.8. The van der Waals surface area contributed by atoms with Crippen molar-refractivity contribution in [2.75, 3.05) is 6.61 Å². The van der Waals surface area contributed by atoms with Crippen LogP contribution in [0.25, 0.3) is 21.9 Å². The van der Waals surface area contributed by atoms with Crippen LogP contribution >= 0.6 is 0 Å². The first kappa shape index (κ1) is 17.7. The number of fused-ring (bicyclic) bond motifs is 3. The summed E-state index contributed by atoms with van der Waals surface area (Å²) in [6.07, 6.45) is 5.79. The van der Waals surface area contributed by atoms with Gasteiger partial charge in [-0.05, 0) is 43.0 Å². The molecular formula is C21H24F2O2. The van der Waals surface area contributed by atoms with E-state index in [2.05, 4.69) is 6.92 Å². The average molecular weight is 346 g/mol. The summed E-state index contributed by atoms with van der Waals surface area (Å²) in [5.41, 5.74) is 0.825. The third-order valence-electron chi connectivity index (χ3n) is 4.49. The first-order valence-corrected chi connectivity index (χ1v) is 9.12. The van der Waals surface area contributed by atoms with Crippen molar-refractivity contribution in [1.82, 2.24) is 0 Å². The van der Waals surface area contributed by atoms with Gasteiger partial charge in [-0.15, -0.1) is 0 Å². The van der Waals surface area contributed by atoms with Crippen LogP contribution < -0.4 is 4.74 Å². The number of rotatable bonds is 8. The van der Waals surface area contributed by atoms with Crippen LogP contribution in [0.2, 0.25) is 0 Å². The lowest BCUT2D eigenvalue weighted by Gasteiger charge is -2.05. The molecule has 3 rings (SSSR count). The van der Waals surface area contributed by atoms with Gasteiger partial charge in [-0.2, -0.15) is 4.39 Å². The molecule has 0 saturated carbocycles. The molecule has 1 aromatic heterocycles. The van der Waals surface area contributed by atoms with Crippen LogP contribution in [0.3, 0.4) is 0 Å². The van der Waals surface area contributed by atoms with E-state index in [1.165, 1.54) is 0 Å². The maximum absolute atomic E-state index is 14.8. The summed E-state index contributed by atoms with van der Waals surface area (Å²) in [5.74, 6) is -0.791. The number of benzene rings is 2. The van der Waals surface area contributed by atoms with Gasteiger partial charge in [0.25, 0.3) is 0 Å². The summed E-state index contributed by atoms with van der Waals surface area (Å²) in [6, 6.07) is 6.93. The molecule has 0 bridgehead atoms. The van der Waals surface area contributed by atoms with Gasteiger partial charge in [-0.3, -0.25) is 0 Å². The average Bonchev–Trinajstić information content (AvgIpc) is 3.00. The Morgan fingerprint density at radius 3 is 2.28 bits per heavy atom. The molecule has 1 heterocycles. The lowest BCUT2D eigenvalue weighted by molar-refractivity contribution is 0.301. The second-order valence-electron chi connectivity index (χ2n) is 6.43. The second-order valence-corrected chi connectivity index (χ2v) is 6.43. The third-order valence-corrected chi connectivity index (χ3v) is 4.49. The Hall–Kier alpha value is -2.10. The molecule has 0 amide bonds. The van der Waals surface area contributed by atoms with Gasteiger partial charge < -0.3 is 9.15 Å². The Bertz CT molecular complexity index is 867. The SMILES string of the molecule is CCCCCCc1ccc2c(oc3c(F)c(OCCC)ccc32)c1F. The van der Waals surface area contributed by atoms with Gasteiger partial charge in [0.1, 0.15) is 0 Å². The number of furan rings is 1. The lowest BCUT2D eigenvalue weighted by Crippen LogP contribution is -1.97. The molecule has 4 heteroatoms. The standard InChI is InChI=1S/C21H24F2O2/c1-3-5-6-7-8-14-9-10-15-16-11-12-17(24-13-4-2)19(23)21(16)25-20(15)18(14)22/h9-12H,3-8,13H2,1-2H3. The number of hydrogen-bond donors (Lipinski definition) is 0. The molecule has 0 saturated heterocycles. The van der Waals surface area contributed by atoms with Crippen molar-refractivity contribution < 1.29 is 17.9 Å². The first-order valence-electron chi connectivity index (χ1n) is 9.12. The molecule has 0 unspecified atom stereocenters. The fourth-order valence-corrected chi connectivity index (χ4v) is 3.12. The normalized spacial score (nSPS) is 11.5. The van der Waals surface area contributed by atoms with E-state index < -0.39 is 5.82 Å². The van der Waals surface area contributed by atoms with Gasteiger partial charge in [-0.25, -0.2) is 4.39 Å². The van der Waals surface area contributed by atoms with Crippen molar-refractivity contribution >= 4 is 21.9 Å². The fraction of sp³-hybridized carbons (Fsp3) is 0.429. The Balaban J connectivity index is 1.98. The zero-order valence-corrected chi connectivity index (χ0v) is 14.8. The zero-order chi connectivity index (χ0) is 17.8. The molecule has 2 nitrogen and oxygen atoms in total. The summed E-state index contributed by atoms with van der Waals surface area (Å²) in [5, 5.41) is 1.18. The van der Waals surface area contributed by atoms with E-state index in [0.717, 1.165) is 32.1 Å². The number of halogens is 2. The summed E-state index contributed by atoms with van der Waals surface area (Å²) in [4.78, 5) is 0. The molecule has 0 radical (unpaired) electrons. The Morgan fingerprint density at radius 2 is 1.56 bits per heavy atom. The quantitative estimate of drug-likeness (QED) is 0.420. The second kappa shape index (κ2) is 7.85. The van der Waals surface area contributed by atoms with E-state index in [9.17, 15) is 8.78 Å². The van der Waals surface area contributed by atoms with Crippen LogP contribution in [0.15, 0.2) is 28.7 Å². The van der Waals surface area contributed by atoms with Gasteiger partial charge in [0, 0.05) is 10.8 Å². The van der Waals surface area contributed by atoms with Crippen molar-refractivity contribution in [3.63, 3.8) is 0 Å². The fourth-order valence-electron chi connectivity index (χ4n) is 3.12. The van der Waals surface area contributed by atoms with Crippen LogP contribution in [0.5, 0.6) is 5.75 Å².